The molecule has 2 aromatic carbocycles. The van der Waals surface area contributed by atoms with Crippen molar-refractivity contribution in [3.05, 3.63) is 58.6 Å². The third-order valence-electron chi connectivity index (χ3n) is 2.69. The smallest absolute Gasteiger partial charge is 0.198 e. The molecule has 0 unspecified atom stereocenters. The molecule has 2 N–H and O–H groups in total. The molecule has 3 nitrogen and oxygen atoms in total. The monoisotopic (exact) mass is 275 g/mol. The Morgan fingerprint density at radius 1 is 1.21 bits per heavy atom. The normalized spacial score (nSPS) is 10.2. The van der Waals surface area contributed by atoms with Gasteiger partial charge in [-0.3, -0.25) is 4.79 Å². The number of hydrogen-bond acceptors (Lipinski definition) is 3. The average Bonchev–Trinajstić information content (AvgIpc) is 2.39. The summed E-state index contributed by atoms with van der Waals surface area (Å²) in [5.41, 5.74) is 7.13. The van der Waals surface area contributed by atoms with Crippen molar-refractivity contribution < 1.29 is 9.53 Å². The fourth-order valence-corrected chi connectivity index (χ4v) is 2.00. The van der Waals surface area contributed by atoms with Gasteiger partial charge in [0.2, 0.25) is 0 Å². The van der Waals surface area contributed by atoms with Gasteiger partial charge in [0.1, 0.15) is 5.75 Å². The highest BCUT2D eigenvalue weighted by molar-refractivity contribution is 6.31. The Hall–Kier alpha value is -2.00. The van der Waals surface area contributed by atoms with E-state index in [-0.39, 0.29) is 5.78 Å². The van der Waals surface area contributed by atoms with Crippen molar-refractivity contribution in [2.24, 2.45) is 0 Å². The van der Waals surface area contributed by atoms with Crippen molar-refractivity contribution in [1.82, 2.24) is 0 Å². The zero-order valence-corrected chi connectivity index (χ0v) is 11.3. The Morgan fingerprint density at radius 3 is 2.63 bits per heavy atom. The molecule has 98 valence electrons. The topological polar surface area (TPSA) is 52.3 Å². The number of rotatable bonds is 4. The summed E-state index contributed by atoms with van der Waals surface area (Å²) in [6.45, 7) is 2.37. The summed E-state index contributed by atoms with van der Waals surface area (Å²) < 4.78 is 5.46. The van der Waals surface area contributed by atoms with Crippen LogP contribution in [0.4, 0.5) is 5.69 Å². The zero-order chi connectivity index (χ0) is 13.8. The summed E-state index contributed by atoms with van der Waals surface area (Å²) in [6.07, 6.45) is 0. The van der Waals surface area contributed by atoms with Crippen molar-refractivity contribution in [3.63, 3.8) is 0 Å². The molecule has 0 amide bonds. The lowest BCUT2D eigenvalue weighted by atomic mass is 10.0. The molecule has 0 saturated carbocycles. The number of carbonyl (C=O) groups excluding carboxylic acids is 1. The van der Waals surface area contributed by atoms with Crippen LogP contribution in [0.2, 0.25) is 5.02 Å². The Balaban J connectivity index is 2.44. The van der Waals surface area contributed by atoms with E-state index in [0.29, 0.717) is 34.2 Å². The van der Waals surface area contributed by atoms with Gasteiger partial charge in [0.05, 0.1) is 12.2 Å². The molecule has 0 saturated heterocycles. The minimum absolute atomic E-state index is 0.168. The highest BCUT2D eigenvalue weighted by Crippen LogP contribution is 2.25. The van der Waals surface area contributed by atoms with Gasteiger partial charge in [-0.1, -0.05) is 23.7 Å². The van der Waals surface area contributed by atoms with Gasteiger partial charge in [0.25, 0.3) is 0 Å². The van der Waals surface area contributed by atoms with Crippen LogP contribution >= 0.6 is 11.6 Å². The Bertz CT molecular complexity index is 611. The van der Waals surface area contributed by atoms with Gasteiger partial charge >= 0.3 is 0 Å². The molecular weight excluding hydrogens is 262 g/mol. The first-order valence-corrected chi connectivity index (χ1v) is 6.33. The maximum Gasteiger partial charge on any atom is 0.198 e. The van der Waals surface area contributed by atoms with Gasteiger partial charge in [-0.2, -0.15) is 0 Å². The van der Waals surface area contributed by atoms with Crippen LogP contribution in [-0.4, -0.2) is 12.4 Å². The maximum atomic E-state index is 12.5. The number of hydrogen-bond donors (Lipinski definition) is 1. The van der Waals surface area contributed by atoms with Gasteiger partial charge in [-0.05, 0) is 37.3 Å². The van der Waals surface area contributed by atoms with Crippen LogP contribution in [0.5, 0.6) is 5.75 Å². The van der Waals surface area contributed by atoms with Crippen molar-refractivity contribution >= 4 is 23.1 Å². The lowest BCUT2D eigenvalue weighted by Gasteiger charge is -2.10. The molecule has 0 fully saturated rings. The van der Waals surface area contributed by atoms with Crippen LogP contribution in [0.1, 0.15) is 22.8 Å². The Kier molecular flexibility index (Phi) is 4.07. The van der Waals surface area contributed by atoms with Gasteiger partial charge < -0.3 is 10.5 Å². The van der Waals surface area contributed by atoms with E-state index < -0.39 is 0 Å². The number of anilines is 1. The molecule has 0 bridgehead atoms. The second kappa shape index (κ2) is 5.76. The van der Waals surface area contributed by atoms with E-state index in [1.54, 1.807) is 36.4 Å². The minimum Gasteiger partial charge on any atom is -0.493 e. The van der Waals surface area contributed by atoms with Crippen molar-refractivity contribution in [1.29, 1.82) is 0 Å². The van der Waals surface area contributed by atoms with Crippen LogP contribution < -0.4 is 10.5 Å². The van der Waals surface area contributed by atoms with Gasteiger partial charge in [0.15, 0.2) is 5.78 Å². The first-order chi connectivity index (χ1) is 9.13. The highest BCUT2D eigenvalue weighted by Gasteiger charge is 2.16. The zero-order valence-electron chi connectivity index (χ0n) is 10.5. The molecule has 19 heavy (non-hydrogen) atoms. The first kappa shape index (κ1) is 13.4. The van der Waals surface area contributed by atoms with Gasteiger partial charge in [-0.25, -0.2) is 0 Å². The highest BCUT2D eigenvalue weighted by atomic mass is 35.5. The molecule has 2 aromatic rings. The maximum absolute atomic E-state index is 12.5. The van der Waals surface area contributed by atoms with Gasteiger partial charge in [-0.15, -0.1) is 0 Å². The number of para-hydroxylation sites is 1. The van der Waals surface area contributed by atoms with E-state index in [4.69, 9.17) is 22.1 Å². The second-order valence-electron chi connectivity index (χ2n) is 3.99. The molecule has 0 aliphatic carbocycles. The van der Waals surface area contributed by atoms with Crippen LogP contribution in [-0.2, 0) is 0 Å². The van der Waals surface area contributed by atoms with Crippen LogP contribution in [0.25, 0.3) is 0 Å². The first-order valence-electron chi connectivity index (χ1n) is 5.95. The van der Waals surface area contributed by atoms with Crippen LogP contribution in [0, 0.1) is 0 Å². The molecule has 4 heteroatoms. The number of carbonyl (C=O) groups is 1. The van der Waals surface area contributed by atoms with E-state index in [2.05, 4.69) is 0 Å². The molecule has 0 radical (unpaired) electrons. The molecule has 0 spiro atoms. The Labute approximate surface area is 117 Å². The predicted octanol–water partition coefficient (Wildman–Crippen LogP) is 3.55. The van der Waals surface area contributed by atoms with Gasteiger partial charge in [0, 0.05) is 16.3 Å². The lowest BCUT2D eigenvalue weighted by molar-refractivity contribution is 0.103. The standard InChI is InChI=1S/C15H14ClNO2/c1-2-19-14-6-4-3-5-12(14)15(18)11-8-7-10(16)9-13(11)17/h3-9H,2,17H2,1H3. The molecule has 0 aliphatic rings. The number of benzene rings is 2. The van der Waals surface area contributed by atoms with Crippen LogP contribution in [0.3, 0.4) is 0 Å². The number of ketones is 1. The minimum atomic E-state index is -0.168. The summed E-state index contributed by atoms with van der Waals surface area (Å²) in [7, 11) is 0. The quantitative estimate of drug-likeness (QED) is 0.686. The summed E-state index contributed by atoms with van der Waals surface area (Å²) >= 11 is 5.83. The fourth-order valence-electron chi connectivity index (χ4n) is 1.82. The number of nitrogen functional groups attached to an aromatic ring is 1. The van der Waals surface area contributed by atoms with E-state index in [1.807, 2.05) is 13.0 Å². The van der Waals surface area contributed by atoms with Crippen molar-refractivity contribution in [3.8, 4) is 5.75 Å². The third-order valence-corrected chi connectivity index (χ3v) is 2.92. The molecule has 2 rings (SSSR count). The largest absolute Gasteiger partial charge is 0.493 e. The molecule has 0 atom stereocenters. The van der Waals surface area contributed by atoms with E-state index in [0.717, 1.165) is 0 Å². The summed E-state index contributed by atoms with van der Waals surface area (Å²) in [5, 5.41) is 0.507. The third kappa shape index (κ3) is 2.88. The van der Waals surface area contributed by atoms with E-state index in [1.165, 1.54) is 0 Å². The summed E-state index contributed by atoms with van der Waals surface area (Å²) in [4.78, 5) is 12.5. The van der Waals surface area contributed by atoms with E-state index in [9.17, 15) is 4.79 Å². The number of nitrogens with two attached hydrogens (primary N) is 1. The lowest BCUT2D eigenvalue weighted by Crippen LogP contribution is -2.07. The molecular formula is C15H14ClNO2. The van der Waals surface area contributed by atoms with Crippen molar-refractivity contribution in [2.45, 2.75) is 6.92 Å². The molecule has 0 heterocycles. The van der Waals surface area contributed by atoms with Crippen molar-refractivity contribution in [2.75, 3.05) is 12.3 Å². The summed E-state index contributed by atoms with van der Waals surface area (Å²) in [5.74, 6) is 0.391. The SMILES string of the molecule is CCOc1ccccc1C(=O)c1ccc(Cl)cc1N. The number of ether oxygens (including phenoxy) is 1. The van der Waals surface area contributed by atoms with Crippen LogP contribution in [0.15, 0.2) is 42.5 Å². The molecule has 0 aliphatic heterocycles. The predicted molar refractivity (Wildman–Crippen MR) is 76.9 cm³/mol. The average molecular weight is 276 g/mol. The van der Waals surface area contributed by atoms with E-state index >= 15 is 0 Å². The summed E-state index contributed by atoms with van der Waals surface area (Å²) in [6, 6.07) is 12.0. The fraction of sp³-hybridized carbons (Fsp3) is 0.133. The number of halogens is 1. The second-order valence-corrected chi connectivity index (χ2v) is 4.43. The Morgan fingerprint density at radius 2 is 1.95 bits per heavy atom. The molecule has 0 aromatic heterocycles.